The van der Waals surface area contributed by atoms with Crippen LogP contribution in [0.2, 0.25) is 0 Å². The van der Waals surface area contributed by atoms with Crippen molar-refractivity contribution in [3.63, 3.8) is 0 Å². The summed E-state index contributed by atoms with van der Waals surface area (Å²) in [7, 11) is -3.49. The van der Waals surface area contributed by atoms with Gasteiger partial charge in [0.15, 0.2) is 5.03 Å². The Balaban J connectivity index is 2.36. The van der Waals surface area contributed by atoms with E-state index in [2.05, 4.69) is 9.71 Å². The minimum Gasteiger partial charge on any atom is -0.396 e. The lowest BCUT2D eigenvalue weighted by atomic mass is 10.5. The van der Waals surface area contributed by atoms with Crippen molar-refractivity contribution in [1.29, 1.82) is 0 Å². The van der Waals surface area contributed by atoms with Crippen molar-refractivity contribution in [3.8, 4) is 0 Å². The largest absolute Gasteiger partial charge is 0.396 e. The smallest absolute Gasteiger partial charge is 0.259 e. The molecule has 0 amide bonds. The summed E-state index contributed by atoms with van der Waals surface area (Å²) in [6.07, 6.45) is 3.75. The van der Waals surface area contributed by atoms with Crippen LogP contribution < -0.4 is 4.72 Å². The first kappa shape index (κ1) is 15.5. The Labute approximate surface area is 112 Å². The molecule has 1 aromatic rings. The lowest BCUT2D eigenvalue weighted by Crippen LogP contribution is -2.26. The van der Waals surface area contributed by atoms with Crippen molar-refractivity contribution in [2.24, 2.45) is 0 Å². The van der Waals surface area contributed by atoms with Crippen LogP contribution in [0.1, 0.15) is 13.3 Å². The molecule has 0 atom stereocenters. The van der Waals surface area contributed by atoms with E-state index >= 15 is 0 Å². The van der Waals surface area contributed by atoms with E-state index in [-0.39, 0.29) is 11.6 Å². The van der Waals surface area contributed by atoms with Crippen LogP contribution in [0.5, 0.6) is 0 Å². The normalized spacial score (nSPS) is 11.9. The molecule has 2 N–H and O–H groups in total. The molecule has 0 aromatic carbocycles. The summed E-state index contributed by atoms with van der Waals surface area (Å²) in [6.45, 7) is 3.16. The molecular formula is C10H19N3O3S2. The number of imidazole rings is 1. The molecule has 0 saturated heterocycles. The predicted molar refractivity (Wildman–Crippen MR) is 72.1 cm³/mol. The van der Waals surface area contributed by atoms with Gasteiger partial charge in [-0.1, -0.05) is 0 Å². The highest BCUT2D eigenvalue weighted by molar-refractivity contribution is 7.99. The Morgan fingerprint density at radius 3 is 2.89 bits per heavy atom. The first-order valence-corrected chi connectivity index (χ1v) is 8.44. The van der Waals surface area contributed by atoms with Crippen molar-refractivity contribution >= 4 is 21.8 Å². The third-order valence-electron chi connectivity index (χ3n) is 2.24. The second-order valence-electron chi connectivity index (χ2n) is 3.63. The van der Waals surface area contributed by atoms with Crippen LogP contribution in [0.25, 0.3) is 0 Å². The summed E-state index contributed by atoms with van der Waals surface area (Å²) < 4.78 is 27.8. The third-order valence-corrected chi connectivity index (χ3v) is 4.65. The summed E-state index contributed by atoms with van der Waals surface area (Å²) in [5.41, 5.74) is 0. The number of rotatable bonds is 9. The molecular weight excluding hydrogens is 274 g/mol. The Hall–Kier alpha value is -0.570. The van der Waals surface area contributed by atoms with Gasteiger partial charge in [0.25, 0.3) is 10.0 Å². The van der Waals surface area contributed by atoms with E-state index in [9.17, 15) is 8.42 Å². The summed E-state index contributed by atoms with van der Waals surface area (Å²) >= 11 is 1.61. The lowest BCUT2D eigenvalue weighted by molar-refractivity contribution is 0.296. The third kappa shape index (κ3) is 4.97. The number of thioether (sulfide) groups is 1. The maximum Gasteiger partial charge on any atom is 0.259 e. The molecule has 0 aliphatic carbocycles. The van der Waals surface area contributed by atoms with E-state index in [1.165, 1.54) is 12.5 Å². The van der Waals surface area contributed by atoms with Gasteiger partial charge in [0, 0.05) is 31.6 Å². The van der Waals surface area contributed by atoms with E-state index in [4.69, 9.17) is 5.11 Å². The molecule has 0 aliphatic heterocycles. The molecule has 0 unspecified atom stereocenters. The zero-order valence-corrected chi connectivity index (χ0v) is 12.0. The molecule has 6 nitrogen and oxygen atoms in total. The monoisotopic (exact) mass is 293 g/mol. The Bertz CT molecular complexity index is 445. The van der Waals surface area contributed by atoms with Gasteiger partial charge in [-0.3, -0.25) is 0 Å². The first-order valence-electron chi connectivity index (χ1n) is 5.80. The minimum atomic E-state index is -3.49. The van der Waals surface area contributed by atoms with Crippen molar-refractivity contribution < 1.29 is 13.5 Å². The number of aromatic nitrogens is 2. The molecule has 18 heavy (non-hydrogen) atoms. The second kappa shape index (κ2) is 7.78. The number of aryl methyl sites for hydroxylation is 1. The van der Waals surface area contributed by atoms with Crippen LogP contribution in [0.15, 0.2) is 17.6 Å². The molecule has 1 rings (SSSR count). The van der Waals surface area contributed by atoms with Crippen molar-refractivity contribution in [2.45, 2.75) is 24.9 Å². The van der Waals surface area contributed by atoms with Gasteiger partial charge in [0.05, 0.1) is 6.33 Å². The molecule has 1 heterocycles. The van der Waals surface area contributed by atoms with Crippen molar-refractivity contribution in [2.75, 3.05) is 24.7 Å². The summed E-state index contributed by atoms with van der Waals surface area (Å²) in [4.78, 5) is 3.86. The quantitative estimate of drug-likeness (QED) is 0.640. The van der Waals surface area contributed by atoms with Gasteiger partial charge < -0.3 is 9.67 Å². The number of nitrogens with zero attached hydrogens (tertiary/aromatic N) is 2. The molecule has 0 fully saturated rings. The highest BCUT2D eigenvalue weighted by Crippen LogP contribution is 2.06. The second-order valence-corrected chi connectivity index (χ2v) is 6.57. The van der Waals surface area contributed by atoms with Crippen molar-refractivity contribution in [1.82, 2.24) is 14.3 Å². The van der Waals surface area contributed by atoms with Crippen LogP contribution in [0, 0.1) is 0 Å². The Morgan fingerprint density at radius 2 is 2.28 bits per heavy atom. The maximum absolute atomic E-state index is 11.8. The number of nitrogens with one attached hydrogen (secondary N) is 1. The number of aliphatic hydroxyl groups excluding tert-OH is 1. The van der Waals surface area contributed by atoms with E-state index in [1.807, 2.05) is 6.92 Å². The number of sulfonamides is 1. The fourth-order valence-electron chi connectivity index (χ4n) is 1.24. The fraction of sp³-hybridized carbons (Fsp3) is 0.700. The minimum absolute atomic E-state index is 0.0599. The average molecular weight is 293 g/mol. The summed E-state index contributed by atoms with van der Waals surface area (Å²) in [6, 6.07) is 0. The average Bonchev–Trinajstić information content (AvgIpc) is 2.83. The van der Waals surface area contributed by atoms with Crippen LogP contribution in [-0.4, -0.2) is 47.7 Å². The topological polar surface area (TPSA) is 84.2 Å². The Kier molecular flexibility index (Phi) is 6.69. The molecule has 104 valence electrons. The van der Waals surface area contributed by atoms with Gasteiger partial charge in [-0.2, -0.15) is 11.8 Å². The molecule has 0 radical (unpaired) electrons. The lowest BCUT2D eigenvalue weighted by Gasteiger charge is -2.03. The van der Waals surface area contributed by atoms with Crippen LogP contribution in [0.4, 0.5) is 0 Å². The predicted octanol–water partition coefficient (Wildman–Crippen LogP) is 0.297. The van der Waals surface area contributed by atoms with Gasteiger partial charge in [0.1, 0.15) is 0 Å². The fourth-order valence-corrected chi connectivity index (χ4v) is 3.13. The number of aliphatic hydroxyl groups is 1. The molecule has 1 aromatic heterocycles. The first-order chi connectivity index (χ1) is 8.60. The van der Waals surface area contributed by atoms with Crippen LogP contribution >= 0.6 is 11.8 Å². The van der Waals surface area contributed by atoms with Gasteiger partial charge in [0.2, 0.25) is 0 Å². The molecule has 0 aliphatic rings. The molecule has 8 heteroatoms. The zero-order chi connectivity index (χ0) is 13.4. The number of hydrogen-bond acceptors (Lipinski definition) is 5. The molecule has 0 bridgehead atoms. The van der Waals surface area contributed by atoms with E-state index < -0.39 is 10.0 Å². The standard InChI is InChI=1S/C10H19N3O3S2/c1-2-13-8-10(11-9-13)18(15,16)12-4-7-17-6-3-5-14/h8-9,12,14H,2-7H2,1H3. The van der Waals surface area contributed by atoms with Gasteiger partial charge in [-0.15, -0.1) is 0 Å². The highest BCUT2D eigenvalue weighted by Gasteiger charge is 2.16. The molecule has 0 spiro atoms. The van der Waals surface area contributed by atoms with Crippen LogP contribution in [-0.2, 0) is 16.6 Å². The number of hydrogen-bond donors (Lipinski definition) is 2. The van der Waals surface area contributed by atoms with E-state index in [0.717, 1.165) is 12.2 Å². The zero-order valence-electron chi connectivity index (χ0n) is 10.4. The molecule has 0 saturated carbocycles. The summed E-state index contributed by atoms with van der Waals surface area (Å²) in [5.74, 6) is 1.52. The SMILES string of the molecule is CCn1cnc(S(=O)(=O)NCCSCCCO)c1. The van der Waals surface area contributed by atoms with Gasteiger partial charge in [-0.25, -0.2) is 18.1 Å². The highest BCUT2D eigenvalue weighted by atomic mass is 32.2. The van der Waals surface area contributed by atoms with Gasteiger partial charge >= 0.3 is 0 Å². The van der Waals surface area contributed by atoms with Crippen molar-refractivity contribution in [3.05, 3.63) is 12.5 Å². The summed E-state index contributed by atoms with van der Waals surface area (Å²) in [5, 5.41) is 8.65. The Morgan fingerprint density at radius 1 is 1.50 bits per heavy atom. The van der Waals surface area contributed by atoms with E-state index in [1.54, 1.807) is 16.3 Å². The van der Waals surface area contributed by atoms with Gasteiger partial charge in [-0.05, 0) is 19.1 Å². The maximum atomic E-state index is 11.8. The van der Waals surface area contributed by atoms with E-state index in [0.29, 0.717) is 18.8 Å². The van der Waals surface area contributed by atoms with Crippen LogP contribution in [0.3, 0.4) is 0 Å².